The highest BCUT2D eigenvalue weighted by Crippen LogP contribution is 2.66. The zero-order chi connectivity index (χ0) is 18.8. The van der Waals surface area contributed by atoms with Crippen molar-refractivity contribution in [1.82, 2.24) is 5.43 Å². The number of hydrazone groups is 1. The Bertz CT molecular complexity index is 736. The molecule has 146 valence electrons. The first-order valence-electron chi connectivity index (χ1n) is 11.1. The number of allylic oxidation sites excluding steroid dienone is 2. The second kappa shape index (κ2) is 6.08. The number of aliphatic hydroxyl groups excluding tert-OH is 1. The number of nitriles is 1. The van der Waals surface area contributed by atoms with Gasteiger partial charge in [-0.25, -0.2) is 0 Å². The van der Waals surface area contributed by atoms with E-state index in [-0.39, 0.29) is 11.5 Å². The van der Waals surface area contributed by atoms with Gasteiger partial charge >= 0.3 is 0 Å². The lowest BCUT2D eigenvalue weighted by Crippen LogP contribution is -2.54. The van der Waals surface area contributed by atoms with E-state index in [0.717, 1.165) is 42.2 Å². The van der Waals surface area contributed by atoms with Crippen LogP contribution in [0.5, 0.6) is 0 Å². The van der Waals surface area contributed by atoms with Crippen molar-refractivity contribution in [2.75, 3.05) is 0 Å². The molecule has 0 spiro atoms. The van der Waals surface area contributed by atoms with Crippen LogP contribution in [-0.2, 0) is 0 Å². The Morgan fingerprint density at radius 1 is 1.19 bits per heavy atom. The molecule has 0 amide bonds. The van der Waals surface area contributed by atoms with Crippen LogP contribution in [0.15, 0.2) is 16.9 Å². The normalized spacial score (nSPS) is 50.7. The Morgan fingerprint density at radius 3 is 2.85 bits per heavy atom. The molecule has 1 aliphatic heterocycles. The standard InChI is InChI=1S/C23H33N3O/c1-22-8-5-17(27)13-15(22)3-4-18-19(22)6-9-23(2)20(18)12-14-11-16(7-10-24)25-26-21(14)23/h11,14-15,17-20,25,27H,3-9,12-13H2,1-2H3/t14-,15-,17-,18+,19-,20-,22-,23-/m0/s1. The summed E-state index contributed by atoms with van der Waals surface area (Å²) in [5.41, 5.74) is 6.18. The number of hydrogen-bond acceptors (Lipinski definition) is 4. The lowest BCUT2D eigenvalue weighted by molar-refractivity contribution is -0.114. The number of hydrogen-bond donors (Lipinski definition) is 2. The zero-order valence-electron chi connectivity index (χ0n) is 16.7. The molecule has 0 bridgehead atoms. The Hall–Kier alpha value is -1.34. The number of nitrogens with zero attached hydrogens (tertiary/aromatic N) is 2. The topological polar surface area (TPSA) is 68.4 Å². The van der Waals surface area contributed by atoms with Crippen LogP contribution in [0.3, 0.4) is 0 Å². The third-order valence-corrected chi connectivity index (χ3v) is 9.46. The van der Waals surface area contributed by atoms with E-state index < -0.39 is 0 Å². The zero-order valence-corrected chi connectivity index (χ0v) is 16.7. The fraction of sp³-hybridized carbons (Fsp3) is 0.826. The largest absolute Gasteiger partial charge is 0.393 e. The summed E-state index contributed by atoms with van der Waals surface area (Å²) in [6.45, 7) is 5.02. The number of aliphatic hydroxyl groups is 1. The minimum atomic E-state index is -0.0630. The number of fused-ring (bicyclic) bond motifs is 7. The first kappa shape index (κ1) is 17.7. The molecule has 4 aliphatic carbocycles. The summed E-state index contributed by atoms with van der Waals surface area (Å²) in [4.78, 5) is 0. The van der Waals surface area contributed by atoms with E-state index in [1.165, 1.54) is 44.2 Å². The fourth-order valence-corrected chi connectivity index (χ4v) is 8.07. The molecular weight excluding hydrogens is 334 g/mol. The Morgan fingerprint density at radius 2 is 2.04 bits per heavy atom. The van der Waals surface area contributed by atoms with Crippen LogP contribution in [0.25, 0.3) is 0 Å². The minimum Gasteiger partial charge on any atom is -0.393 e. The van der Waals surface area contributed by atoms with Crippen molar-refractivity contribution in [1.29, 1.82) is 5.26 Å². The second-order valence-electron chi connectivity index (χ2n) is 10.5. The van der Waals surface area contributed by atoms with Crippen LogP contribution in [-0.4, -0.2) is 16.9 Å². The Kier molecular flexibility index (Phi) is 3.99. The van der Waals surface area contributed by atoms with Gasteiger partial charge in [0, 0.05) is 17.0 Å². The average molecular weight is 368 g/mol. The maximum atomic E-state index is 10.2. The summed E-state index contributed by atoms with van der Waals surface area (Å²) in [7, 11) is 0. The summed E-state index contributed by atoms with van der Waals surface area (Å²) in [5, 5.41) is 24.0. The van der Waals surface area contributed by atoms with E-state index in [1.54, 1.807) is 0 Å². The summed E-state index contributed by atoms with van der Waals surface area (Å²) in [6.07, 6.45) is 12.3. The molecule has 0 saturated heterocycles. The highest BCUT2D eigenvalue weighted by Gasteiger charge is 2.61. The van der Waals surface area contributed by atoms with Crippen molar-refractivity contribution in [2.24, 2.45) is 45.5 Å². The smallest absolute Gasteiger partial charge is 0.0765 e. The molecule has 8 atom stereocenters. The van der Waals surface area contributed by atoms with E-state index in [0.29, 0.717) is 17.8 Å². The monoisotopic (exact) mass is 367 g/mol. The molecule has 0 aromatic rings. The average Bonchev–Trinajstić information content (AvgIpc) is 2.95. The first-order chi connectivity index (χ1) is 13.0. The van der Waals surface area contributed by atoms with Crippen LogP contribution in [0.1, 0.15) is 71.6 Å². The predicted octanol–water partition coefficient (Wildman–Crippen LogP) is 4.37. The number of nitrogens with one attached hydrogen (secondary N) is 1. The molecule has 5 aliphatic rings. The van der Waals surface area contributed by atoms with Gasteiger partial charge in [0.2, 0.25) is 0 Å². The first-order valence-corrected chi connectivity index (χ1v) is 11.1. The summed E-state index contributed by atoms with van der Waals surface area (Å²) >= 11 is 0. The van der Waals surface area contributed by atoms with Crippen LogP contribution in [0, 0.1) is 51.8 Å². The third kappa shape index (κ3) is 2.47. The van der Waals surface area contributed by atoms with Gasteiger partial charge < -0.3 is 5.11 Å². The van der Waals surface area contributed by atoms with Gasteiger partial charge in [-0.1, -0.05) is 19.9 Å². The Labute approximate surface area is 163 Å². The molecule has 4 fully saturated rings. The van der Waals surface area contributed by atoms with E-state index in [2.05, 4.69) is 31.4 Å². The van der Waals surface area contributed by atoms with Gasteiger partial charge in [0.15, 0.2) is 0 Å². The van der Waals surface area contributed by atoms with Crippen LogP contribution >= 0.6 is 0 Å². The van der Waals surface area contributed by atoms with E-state index in [1.807, 2.05) is 0 Å². The van der Waals surface area contributed by atoms with E-state index >= 15 is 0 Å². The van der Waals surface area contributed by atoms with Crippen LogP contribution < -0.4 is 5.43 Å². The van der Waals surface area contributed by atoms with Gasteiger partial charge in [0.05, 0.1) is 24.3 Å². The summed E-state index contributed by atoms with van der Waals surface area (Å²) < 4.78 is 0. The number of rotatable bonds is 1. The van der Waals surface area contributed by atoms with Crippen molar-refractivity contribution in [3.05, 3.63) is 11.8 Å². The van der Waals surface area contributed by atoms with Gasteiger partial charge in [0.25, 0.3) is 0 Å². The van der Waals surface area contributed by atoms with Crippen LogP contribution in [0.4, 0.5) is 0 Å². The van der Waals surface area contributed by atoms with Gasteiger partial charge in [0.1, 0.15) is 0 Å². The highest BCUT2D eigenvalue weighted by molar-refractivity contribution is 5.96. The van der Waals surface area contributed by atoms with E-state index in [9.17, 15) is 5.11 Å². The lowest BCUT2D eigenvalue weighted by atomic mass is 9.45. The molecule has 1 heterocycles. The van der Waals surface area contributed by atoms with E-state index in [4.69, 9.17) is 10.4 Å². The molecule has 0 aromatic carbocycles. The second-order valence-corrected chi connectivity index (χ2v) is 10.5. The van der Waals surface area contributed by atoms with Crippen molar-refractivity contribution in [3.63, 3.8) is 0 Å². The Balaban J connectivity index is 1.44. The van der Waals surface area contributed by atoms with Gasteiger partial charge in [-0.15, -0.1) is 0 Å². The predicted molar refractivity (Wildman–Crippen MR) is 105 cm³/mol. The molecule has 0 aromatic heterocycles. The highest BCUT2D eigenvalue weighted by atomic mass is 16.3. The molecule has 4 nitrogen and oxygen atoms in total. The maximum Gasteiger partial charge on any atom is 0.0765 e. The van der Waals surface area contributed by atoms with Crippen molar-refractivity contribution in [3.8, 4) is 6.07 Å². The summed E-state index contributed by atoms with van der Waals surface area (Å²) in [6, 6.07) is 2.25. The van der Waals surface area contributed by atoms with Crippen LogP contribution in [0.2, 0.25) is 0 Å². The molecular formula is C23H33N3O. The SMILES string of the molecule is C[C@]12CC[C@H](O)C[C@@H]1CC[C@@H]1[C@@H]2CC[C@]2(C)C3=NNC(CC#N)=C[C@H]3C[C@@H]12. The van der Waals surface area contributed by atoms with Crippen molar-refractivity contribution in [2.45, 2.75) is 77.7 Å². The molecule has 2 N–H and O–H groups in total. The summed E-state index contributed by atoms with van der Waals surface area (Å²) in [5.74, 6) is 3.50. The van der Waals surface area contributed by atoms with Crippen molar-refractivity contribution >= 4 is 5.71 Å². The molecule has 27 heavy (non-hydrogen) atoms. The molecule has 5 rings (SSSR count). The quantitative estimate of drug-likeness (QED) is 0.723. The van der Waals surface area contributed by atoms with Gasteiger partial charge in [-0.2, -0.15) is 10.4 Å². The minimum absolute atomic E-state index is 0.0630. The third-order valence-electron chi connectivity index (χ3n) is 9.46. The molecule has 0 radical (unpaired) electrons. The maximum absolute atomic E-state index is 10.2. The van der Waals surface area contributed by atoms with Gasteiger partial charge in [-0.3, -0.25) is 5.43 Å². The lowest BCUT2D eigenvalue weighted by Gasteiger charge is -2.60. The molecule has 4 heteroatoms. The van der Waals surface area contributed by atoms with Crippen molar-refractivity contribution < 1.29 is 5.11 Å². The molecule has 4 saturated carbocycles. The fourth-order valence-electron chi connectivity index (χ4n) is 8.07. The molecule has 0 unspecified atom stereocenters. The van der Waals surface area contributed by atoms with Gasteiger partial charge in [-0.05, 0) is 80.5 Å².